The molecule has 1 aliphatic rings. The van der Waals surface area contributed by atoms with Gasteiger partial charge in [-0.3, -0.25) is 0 Å². The lowest BCUT2D eigenvalue weighted by Gasteiger charge is -2.33. The summed E-state index contributed by atoms with van der Waals surface area (Å²) in [5.74, 6) is 0.170. The van der Waals surface area contributed by atoms with Crippen LogP contribution in [0, 0.1) is 5.92 Å². The second-order valence-electron chi connectivity index (χ2n) is 4.36. The van der Waals surface area contributed by atoms with E-state index >= 15 is 0 Å². The van der Waals surface area contributed by atoms with Gasteiger partial charge in [0.05, 0.1) is 5.69 Å². The zero-order valence-electron chi connectivity index (χ0n) is 9.10. The first-order valence-electron chi connectivity index (χ1n) is 5.32. The van der Waals surface area contributed by atoms with Crippen molar-refractivity contribution in [3.8, 4) is 0 Å². The first kappa shape index (κ1) is 10.7. The molecule has 0 atom stereocenters. The highest BCUT2D eigenvalue weighted by atomic mass is 16.4. The number of nitrogens with zero attached hydrogens (tertiary/aromatic N) is 1. The Kier molecular flexibility index (Phi) is 2.68. The van der Waals surface area contributed by atoms with Gasteiger partial charge in [-0.05, 0) is 30.9 Å². The highest BCUT2D eigenvalue weighted by molar-refractivity contribution is 5.86. The summed E-state index contributed by atoms with van der Waals surface area (Å²) in [6.45, 7) is 2.18. The summed E-state index contributed by atoms with van der Waals surface area (Å²) >= 11 is 0. The molecule has 1 saturated carbocycles. The lowest BCUT2D eigenvalue weighted by atomic mass is 9.82. The topological polar surface area (TPSA) is 88.2 Å². The molecule has 0 bridgehead atoms. The minimum atomic E-state index is -1.04. The summed E-state index contributed by atoms with van der Waals surface area (Å²) < 4.78 is 0. The highest BCUT2D eigenvalue weighted by Gasteiger charge is 2.26. The van der Waals surface area contributed by atoms with Crippen LogP contribution in [-0.4, -0.2) is 22.1 Å². The van der Waals surface area contributed by atoms with Crippen LogP contribution in [0.15, 0.2) is 12.1 Å². The molecular weight excluding hydrogens is 206 g/mol. The van der Waals surface area contributed by atoms with Gasteiger partial charge in [0.15, 0.2) is 5.69 Å². The Bertz CT molecular complexity index is 414. The van der Waals surface area contributed by atoms with Crippen molar-refractivity contribution >= 4 is 17.5 Å². The Hall–Kier alpha value is -1.78. The molecule has 1 fully saturated rings. The van der Waals surface area contributed by atoms with E-state index in [-0.39, 0.29) is 5.69 Å². The van der Waals surface area contributed by atoms with E-state index in [1.165, 1.54) is 6.07 Å². The van der Waals surface area contributed by atoms with Crippen molar-refractivity contribution in [2.24, 2.45) is 5.92 Å². The number of rotatable bonds is 3. The summed E-state index contributed by atoms with van der Waals surface area (Å²) in [5, 5.41) is 12.0. The average molecular weight is 221 g/mol. The fraction of sp³-hybridized carbons (Fsp3) is 0.455. The van der Waals surface area contributed by atoms with E-state index in [0.717, 1.165) is 18.8 Å². The first-order valence-corrected chi connectivity index (χ1v) is 5.32. The van der Waals surface area contributed by atoms with Crippen molar-refractivity contribution < 1.29 is 9.90 Å². The predicted octanol–water partition coefficient (Wildman–Crippen LogP) is 1.57. The van der Waals surface area contributed by atoms with Gasteiger partial charge in [-0.2, -0.15) is 0 Å². The van der Waals surface area contributed by atoms with Crippen LogP contribution in [0.1, 0.15) is 30.3 Å². The van der Waals surface area contributed by atoms with Crippen molar-refractivity contribution in [2.75, 3.05) is 11.1 Å². The quantitative estimate of drug-likeness (QED) is 0.721. The molecule has 2 rings (SSSR count). The standard InChI is InChI=1S/C11H15N3O2/c1-6-4-7(5-6)13-10-8(12)2-3-9(14-10)11(15)16/h2-3,6-7H,4-5,12H2,1H3,(H,13,14)(H,15,16). The van der Waals surface area contributed by atoms with Crippen LogP contribution in [0.25, 0.3) is 0 Å². The molecule has 0 aromatic carbocycles. The number of nitrogens with one attached hydrogen (secondary N) is 1. The fourth-order valence-corrected chi connectivity index (χ4v) is 1.92. The largest absolute Gasteiger partial charge is 0.477 e. The van der Waals surface area contributed by atoms with E-state index in [0.29, 0.717) is 17.5 Å². The highest BCUT2D eigenvalue weighted by Crippen LogP contribution is 2.30. The first-order chi connectivity index (χ1) is 7.56. The number of pyridine rings is 1. The maximum Gasteiger partial charge on any atom is 0.354 e. The van der Waals surface area contributed by atoms with E-state index in [2.05, 4.69) is 17.2 Å². The van der Waals surface area contributed by atoms with Crippen molar-refractivity contribution in [3.63, 3.8) is 0 Å². The smallest absolute Gasteiger partial charge is 0.354 e. The molecule has 0 unspecified atom stereocenters. The number of carboxylic acid groups (broad SMARTS) is 1. The lowest BCUT2D eigenvalue weighted by molar-refractivity contribution is 0.0690. The van der Waals surface area contributed by atoms with Crippen LogP contribution >= 0.6 is 0 Å². The molecule has 0 aliphatic heterocycles. The molecule has 4 N–H and O–H groups in total. The molecule has 1 aliphatic carbocycles. The number of hydrogen-bond acceptors (Lipinski definition) is 4. The normalized spacial score (nSPS) is 23.6. The second kappa shape index (κ2) is 4.00. The fourth-order valence-electron chi connectivity index (χ4n) is 1.92. The second-order valence-corrected chi connectivity index (χ2v) is 4.36. The summed E-state index contributed by atoms with van der Waals surface area (Å²) in [6.07, 6.45) is 2.16. The Morgan fingerprint density at radius 1 is 1.56 bits per heavy atom. The maximum absolute atomic E-state index is 10.8. The average Bonchev–Trinajstić information content (AvgIpc) is 2.18. The van der Waals surface area contributed by atoms with Gasteiger partial charge in [-0.15, -0.1) is 0 Å². The molecular formula is C11H15N3O2. The van der Waals surface area contributed by atoms with Crippen molar-refractivity contribution in [1.82, 2.24) is 4.98 Å². The third-order valence-electron chi connectivity index (χ3n) is 2.86. The van der Waals surface area contributed by atoms with Crippen LogP contribution in [0.3, 0.4) is 0 Å². The maximum atomic E-state index is 10.8. The van der Waals surface area contributed by atoms with E-state index in [1.807, 2.05) is 0 Å². The number of aromatic nitrogens is 1. The Balaban J connectivity index is 2.12. The van der Waals surface area contributed by atoms with Crippen molar-refractivity contribution in [2.45, 2.75) is 25.8 Å². The number of nitrogens with two attached hydrogens (primary N) is 1. The van der Waals surface area contributed by atoms with Gasteiger partial charge in [0.1, 0.15) is 5.82 Å². The van der Waals surface area contributed by atoms with Gasteiger partial charge in [-0.1, -0.05) is 6.92 Å². The zero-order chi connectivity index (χ0) is 11.7. The molecule has 1 aromatic heterocycles. The summed E-state index contributed by atoms with van der Waals surface area (Å²) in [7, 11) is 0. The van der Waals surface area contributed by atoms with Gasteiger partial charge < -0.3 is 16.2 Å². The minimum Gasteiger partial charge on any atom is -0.477 e. The number of aromatic carboxylic acids is 1. The van der Waals surface area contributed by atoms with Gasteiger partial charge in [-0.25, -0.2) is 9.78 Å². The Morgan fingerprint density at radius 2 is 2.25 bits per heavy atom. The van der Waals surface area contributed by atoms with E-state index in [1.54, 1.807) is 6.07 Å². The molecule has 16 heavy (non-hydrogen) atoms. The molecule has 1 heterocycles. The number of nitrogen functional groups attached to an aromatic ring is 1. The molecule has 86 valence electrons. The summed E-state index contributed by atoms with van der Waals surface area (Å²) in [6, 6.07) is 3.35. The van der Waals surface area contributed by atoms with Crippen LogP contribution in [0.5, 0.6) is 0 Å². The third kappa shape index (κ3) is 2.08. The van der Waals surface area contributed by atoms with Crippen molar-refractivity contribution in [3.05, 3.63) is 17.8 Å². The number of anilines is 2. The molecule has 0 radical (unpaired) electrons. The van der Waals surface area contributed by atoms with E-state index in [4.69, 9.17) is 10.8 Å². The molecule has 0 amide bonds. The minimum absolute atomic E-state index is 0.0177. The molecule has 5 nitrogen and oxygen atoms in total. The monoisotopic (exact) mass is 221 g/mol. The molecule has 5 heteroatoms. The van der Waals surface area contributed by atoms with E-state index in [9.17, 15) is 4.79 Å². The Morgan fingerprint density at radius 3 is 2.81 bits per heavy atom. The molecule has 0 saturated heterocycles. The van der Waals surface area contributed by atoms with Gasteiger partial charge in [0.25, 0.3) is 0 Å². The number of hydrogen-bond donors (Lipinski definition) is 3. The zero-order valence-corrected chi connectivity index (χ0v) is 9.10. The van der Waals surface area contributed by atoms with Crippen LogP contribution in [0.4, 0.5) is 11.5 Å². The van der Waals surface area contributed by atoms with Gasteiger partial charge in [0, 0.05) is 6.04 Å². The Labute approximate surface area is 93.7 Å². The van der Waals surface area contributed by atoms with Crippen LogP contribution in [-0.2, 0) is 0 Å². The van der Waals surface area contributed by atoms with Gasteiger partial charge in [0.2, 0.25) is 0 Å². The van der Waals surface area contributed by atoms with Crippen LogP contribution < -0.4 is 11.1 Å². The van der Waals surface area contributed by atoms with Crippen LogP contribution in [0.2, 0.25) is 0 Å². The molecule has 1 aromatic rings. The lowest BCUT2D eigenvalue weighted by Crippen LogP contribution is -2.34. The summed E-state index contributed by atoms with van der Waals surface area (Å²) in [4.78, 5) is 14.7. The molecule has 0 spiro atoms. The van der Waals surface area contributed by atoms with Gasteiger partial charge >= 0.3 is 5.97 Å². The number of carbonyl (C=O) groups is 1. The van der Waals surface area contributed by atoms with E-state index < -0.39 is 5.97 Å². The third-order valence-corrected chi connectivity index (χ3v) is 2.86. The SMILES string of the molecule is CC1CC(Nc2nc(C(=O)O)ccc2N)C1. The predicted molar refractivity (Wildman–Crippen MR) is 61.4 cm³/mol. The number of carboxylic acids is 1. The van der Waals surface area contributed by atoms with Crippen molar-refractivity contribution in [1.29, 1.82) is 0 Å². The summed E-state index contributed by atoms with van der Waals surface area (Å²) in [5.41, 5.74) is 6.24.